The lowest BCUT2D eigenvalue weighted by molar-refractivity contribution is -0.121. The second-order valence-electron chi connectivity index (χ2n) is 5.72. The van der Waals surface area contributed by atoms with Gasteiger partial charge in [-0.2, -0.15) is 0 Å². The summed E-state index contributed by atoms with van der Waals surface area (Å²) in [6.45, 7) is 4.68. The van der Waals surface area contributed by atoms with Crippen LogP contribution in [0.3, 0.4) is 0 Å². The van der Waals surface area contributed by atoms with E-state index in [9.17, 15) is 4.79 Å². The molecule has 2 aromatic rings. The Hall–Kier alpha value is -1.56. The van der Waals surface area contributed by atoms with Crippen molar-refractivity contribution in [1.29, 1.82) is 0 Å². The van der Waals surface area contributed by atoms with Crippen molar-refractivity contribution in [2.75, 3.05) is 19.6 Å². The number of oxazole rings is 1. The van der Waals surface area contributed by atoms with E-state index in [1.165, 1.54) is 0 Å². The third-order valence-corrected chi connectivity index (χ3v) is 3.90. The predicted octanol–water partition coefficient (Wildman–Crippen LogP) is 2.76. The summed E-state index contributed by atoms with van der Waals surface area (Å²) in [5, 5.41) is 6.15. The molecule has 2 heterocycles. The fourth-order valence-electron chi connectivity index (χ4n) is 2.48. The van der Waals surface area contributed by atoms with Crippen molar-refractivity contribution in [3.63, 3.8) is 0 Å². The fourth-order valence-corrected chi connectivity index (χ4v) is 2.48. The Morgan fingerprint density at radius 2 is 2.00 bits per heavy atom. The standard InChI is InChI=1S/C17H21N3O2.2ClH/c1-12-17(14-5-3-2-4-6-14)22-16(20-12)8-7-15(21)19-11-13-9-18-10-13;;/h2-6,13,18H,7-11H2,1H3,(H,19,21);2*1H. The molecule has 1 aliphatic rings. The van der Waals surface area contributed by atoms with E-state index in [0.717, 1.165) is 36.7 Å². The van der Waals surface area contributed by atoms with Gasteiger partial charge in [0, 0.05) is 44.0 Å². The SMILES string of the molecule is Cc1nc(CCC(=O)NCC2CNC2)oc1-c1ccccc1.Cl.Cl. The molecule has 0 bridgehead atoms. The molecule has 0 radical (unpaired) electrons. The van der Waals surface area contributed by atoms with Gasteiger partial charge >= 0.3 is 0 Å². The Kier molecular flexibility index (Phi) is 8.25. The lowest BCUT2D eigenvalue weighted by Crippen LogP contribution is -2.48. The molecule has 1 aromatic heterocycles. The Morgan fingerprint density at radius 3 is 2.62 bits per heavy atom. The summed E-state index contributed by atoms with van der Waals surface area (Å²) in [4.78, 5) is 16.2. The van der Waals surface area contributed by atoms with Gasteiger partial charge in [-0.1, -0.05) is 30.3 Å². The number of aryl methyl sites for hydroxylation is 2. The molecule has 3 rings (SSSR count). The van der Waals surface area contributed by atoms with Crippen LogP contribution in [0.5, 0.6) is 0 Å². The first-order valence-electron chi connectivity index (χ1n) is 7.71. The van der Waals surface area contributed by atoms with Crippen LogP contribution in [0, 0.1) is 12.8 Å². The number of nitrogens with one attached hydrogen (secondary N) is 2. The van der Waals surface area contributed by atoms with Crippen LogP contribution in [0.2, 0.25) is 0 Å². The van der Waals surface area contributed by atoms with Gasteiger partial charge in [-0.05, 0) is 6.92 Å². The second-order valence-corrected chi connectivity index (χ2v) is 5.72. The highest BCUT2D eigenvalue weighted by Gasteiger charge is 2.17. The fraction of sp³-hybridized carbons (Fsp3) is 0.412. The van der Waals surface area contributed by atoms with Crippen LogP contribution in [0.25, 0.3) is 11.3 Å². The van der Waals surface area contributed by atoms with Crippen molar-refractivity contribution in [3.8, 4) is 11.3 Å². The molecule has 0 spiro atoms. The van der Waals surface area contributed by atoms with E-state index in [1.54, 1.807) is 0 Å². The highest BCUT2D eigenvalue weighted by molar-refractivity contribution is 5.85. The number of carbonyl (C=O) groups is 1. The van der Waals surface area contributed by atoms with Crippen molar-refractivity contribution in [2.45, 2.75) is 19.8 Å². The zero-order valence-corrected chi connectivity index (χ0v) is 15.2. The number of halogens is 2. The normalized spacial score (nSPS) is 13.4. The zero-order valence-electron chi connectivity index (χ0n) is 13.6. The summed E-state index contributed by atoms with van der Waals surface area (Å²) in [6.07, 6.45) is 0.941. The van der Waals surface area contributed by atoms with Gasteiger partial charge < -0.3 is 15.1 Å². The number of amides is 1. The molecule has 1 aromatic carbocycles. The Bertz CT molecular complexity index is 643. The van der Waals surface area contributed by atoms with Gasteiger partial charge in [0.2, 0.25) is 5.91 Å². The summed E-state index contributed by atoms with van der Waals surface area (Å²) < 4.78 is 5.81. The molecule has 0 unspecified atom stereocenters. The highest BCUT2D eigenvalue weighted by Crippen LogP contribution is 2.24. The van der Waals surface area contributed by atoms with E-state index in [4.69, 9.17) is 4.42 Å². The molecular weight excluding hydrogens is 349 g/mol. The maximum atomic E-state index is 11.8. The van der Waals surface area contributed by atoms with Crippen LogP contribution >= 0.6 is 24.8 Å². The van der Waals surface area contributed by atoms with Crippen LogP contribution in [0.1, 0.15) is 18.0 Å². The third kappa shape index (κ3) is 5.23. The maximum Gasteiger partial charge on any atom is 0.220 e. The molecular formula is C17H23Cl2N3O2. The number of nitrogens with zero attached hydrogens (tertiary/aromatic N) is 1. The maximum absolute atomic E-state index is 11.8. The highest BCUT2D eigenvalue weighted by atomic mass is 35.5. The largest absolute Gasteiger partial charge is 0.440 e. The lowest BCUT2D eigenvalue weighted by Gasteiger charge is -2.27. The van der Waals surface area contributed by atoms with E-state index in [-0.39, 0.29) is 30.7 Å². The van der Waals surface area contributed by atoms with Gasteiger partial charge in [0.25, 0.3) is 0 Å². The van der Waals surface area contributed by atoms with Crippen molar-refractivity contribution in [1.82, 2.24) is 15.6 Å². The lowest BCUT2D eigenvalue weighted by atomic mass is 10.0. The number of aromatic nitrogens is 1. The average Bonchev–Trinajstić information content (AvgIpc) is 2.85. The Labute approximate surface area is 154 Å². The molecule has 1 amide bonds. The molecule has 2 N–H and O–H groups in total. The number of rotatable bonds is 6. The first-order valence-corrected chi connectivity index (χ1v) is 7.71. The second kappa shape index (κ2) is 9.67. The number of hydrogen-bond donors (Lipinski definition) is 2. The van der Waals surface area contributed by atoms with E-state index in [2.05, 4.69) is 15.6 Å². The summed E-state index contributed by atoms with van der Waals surface area (Å²) in [7, 11) is 0. The van der Waals surface area contributed by atoms with Crippen LogP contribution in [0.15, 0.2) is 34.7 Å². The van der Waals surface area contributed by atoms with Crippen LogP contribution in [-0.4, -0.2) is 30.5 Å². The van der Waals surface area contributed by atoms with Crippen LogP contribution in [-0.2, 0) is 11.2 Å². The van der Waals surface area contributed by atoms with Gasteiger partial charge in [0.05, 0.1) is 5.69 Å². The smallest absolute Gasteiger partial charge is 0.220 e. The topological polar surface area (TPSA) is 67.2 Å². The molecule has 5 nitrogen and oxygen atoms in total. The summed E-state index contributed by atoms with van der Waals surface area (Å²) in [5.74, 6) is 2.05. The molecule has 1 aliphatic heterocycles. The first-order chi connectivity index (χ1) is 10.7. The summed E-state index contributed by atoms with van der Waals surface area (Å²) in [6, 6.07) is 9.91. The van der Waals surface area contributed by atoms with Crippen molar-refractivity contribution < 1.29 is 9.21 Å². The average molecular weight is 372 g/mol. The van der Waals surface area contributed by atoms with Gasteiger partial charge in [-0.3, -0.25) is 4.79 Å². The molecule has 24 heavy (non-hydrogen) atoms. The summed E-state index contributed by atoms with van der Waals surface area (Å²) in [5.41, 5.74) is 1.88. The Balaban J connectivity index is 0.00000144. The van der Waals surface area contributed by atoms with E-state index in [1.807, 2.05) is 37.3 Å². The quantitative estimate of drug-likeness (QED) is 0.818. The van der Waals surface area contributed by atoms with Gasteiger partial charge in [-0.25, -0.2) is 4.98 Å². The van der Waals surface area contributed by atoms with Crippen molar-refractivity contribution in [2.24, 2.45) is 5.92 Å². The van der Waals surface area contributed by atoms with Crippen LogP contribution in [0.4, 0.5) is 0 Å². The number of hydrogen-bond acceptors (Lipinski definition) is 4. The molecule has 0 saturated carbocycles. The van der Waals surface area contributed by atoms with Gasteiger partial charge in [0.1, 0.15) is 0 Å². The van der Waals surface area contributed by atoms with Crippen molar-refractivity contribution >= 4 is 30.7 Å². The number of carbonyl (C=O) groups excluding carboxylic acids is 1. The minimum atomic E-state index is 0. The molecule has 0 aliphatic carbocycles. The van der Waals surface area contributed by atoms with E-state index < -0.39 is 0 Å². The predicted molar refractivity (Wildman–Crippen MR) is 98.9 cm³/mol. The minimum Gasteiger partial charge on any atom is -0.440 e. The minimum absolute atomic E-state index is 0. The summed E-state index contributed by atoms with van der Waals surface area (Å²) >= 11 is 0. The van der Waals surface area contributed by atoms with Gasteiger partial charge in [-0.15, -0.1) is 24.8 Å². The van der Waals surface area contributed by atoms with E-state index in [0.29, 0.717) is 24.7 Å². The zero-order chi connectivity index (χ0) is 15.4. The molecule has 0 atom stereocenters. The van der Waals surface area contributed by atoms with Crippen molar-refractivity contribution in [3.05, 3.63) is 41.9 Å². The molecule has 132 valence electrons. The molecule has 1 saturated heterocycles. The van der Waals surface area contributed by atoms with Gasteiger partial charge in [0.15, 0.2) is 11.7 Å². The first kappa shape index (κ1) is 20.5. The molecule has 7 heteroatoms. The van der Waals surface area contributed by atoms with E-state index >= 15 is 0 Å². The third-order valence-electron chi connectivity index (χ3n) is 3.90. The monoisotopic (exact) mass is 371 g/mol. The number of benzene rings is 1. The van der Waals surface area contributed by atoms with Crippen LogP contribution < -0.4 is 10.6 Å². The Morgan fingerprint density at radius 1 is 1.29 bits per heavy atom. The molecule has 1 fully saturated rings.